The van der Waals surface area contributed by atoms with Gasteiger partial charge in [-0.05, 0) is 20.3 Å². The number of likely N-dealkylation sites (tertiary alicyclic amines) is 1. The zero-order valence-electron chi connectivity index (χ0n) is 8.53. The summed E-state index contributed by atoms with van der Waals surface area (Å²) in [4.78, 5) is 2.52. The Hall–Kier alpha value is -0.120. The van der Waals surface area contributed by atoms with Crippen LogP contribution >= 0.6 is 0 Å². The molecule has 0 saturated carbocycles. The number of ether oxygens (including phenoxy) is 2. The van der Waals surface area contributed by atoms with Crippen molar-refractivity contribution in [1.82, 2.24) is 4.90 Å². The lowest BCUT2D eigenvalue weighted by Gasteiger charge is -2.45. The van der Waals surface area contributed by atoms with Crippen LogP contribution in [0.25, 0.3) is 0 Å². The first-order valence-corrected chi connectivity index (χ1v) is 5.26. The van der Waals surface area contributed by atoms with Crippen LogP contribution in [0.1, 0.15) is 26.7 Å². The van der Waals surface area contributed by atoms with Gasteiger partial charge in [-0.15, -0.1) is 0 Å². The molecule has 0 aliphatic carbocycles. The van der Waals surface area contributed by atoms with Crippen LogP contribution in [0.5, 0.6) is 0 Å². The SMILES string of the molecule is CC1CC(C)N1CCC1OCCO1. The molecule has 0 N–H and O–H groups in total. The van der Waals surface area contributed by atoms with E-state index in [2.05, 4.69) is 18.7 Å². The maximum absolute atomic E-state index is 5.39. The summed E-state index contributed by atoms with van der Waals surface area (Å²) in [7, 11) is 0. The van der Waals surface area contributed by atoms with Crippen molar-refractivity contribution < 1.29 is 9.47 Å². The summed E-state index contributed by atoms with van der Waals surface area (Å²) in [5, 5.41) is 0. The van der Waals surface area contributed by atoms with Crippen molar-refractivity contribution in [1.29, 1.82) is 0 Å². The molecule has 2 heterocycles. The smallest absolute Gasteiger partial charge is 0.159 e. The van der Waals surface area contributed by atoms with Crippen LogP contribution in [0.15, 0.2) is 0 Å². The molecule has 2 saturated heterocycles. The molecule has 3 heteroatoms. The van der Waals surface area contributed by atoms with E-state index < -0.39 is 0 Å². The molecule has 2 fully saturated rings. The minimum atomic E-state index is 0.0694. The van der Waals surface area contributed by atoms with Gasteiger partial charge in [-0.1, -0.05) is 0 Å². The van der Waals surface area contributed by atoms with Gasteiger partial charge in [-0.25, -0.2) is 0 Å². The topological polar surface area (TPSA) is 21.7 Å². The number of nitrogens with zero attached hydrogens (tertiary/aromatic N) is 1. The van der Waals surface area contributed by atoms with Gasteiger partial charge in [-0.3, -0.25) is 4.90 Å². The van der Waals surface area contributed by atoms with Gasteiger partial charge in [0, 0.05) is 25.0 Å². The van der Waals surface area contributed by atoms with E-state index >= 15 is 0 Å². The molecule has 2 aliphatic heterocycles. The Morgan fingerprint density at radius 3 is 2.31 bits per heavy atom. The fraction of sp³-hybridized carbons (Fsp3) is 1.00. The molecule has 0 aromatic carbocycles. The van der Waals surface area contributed by atoms with Gasteiger partial charge in [0.2, 0.25) is 0 Å². The monoisotopic (exact) mass is 185 g/mol. The normalized spacial score (nSPS) is 36.5. The summed E-state index contributed by atoms with van der Waals surface area (Å²) in [6, 6.07) is 1.52. The van der Waals surface area contributed by atoms with E-state index in [1.807, 2.05) is 0 Å². The van der Waals surface area contributed by atoms with Crippen molar-refractivity contribution in [2.45, 2.75) is 45.1 Å². The van der Waals surface area contributed by atoms with E-state index in [0.29, 0.717) is 0 Å². The maximum atomic E-state index is 5.39. The van der Waals surface area contributed by atoms with Gasteiger partial charge < -0.3 is 9.47 Å². The second-order valence-electron chi connectivity index (χ2n) is 4.13. The molecule has 76 valence electrons. The van der Waals surface area contributed by atoms with E-state index in [0.717, 1.165) is 38.3 Å². The van der Waals surface area contributed by atoms with Crippen molar-refractivity contribution in [3.05, 3.63) is 0 Å². The Balaban J connectivity index is 1.66. The van der Waals surface area contributed by atoms with Gasteiger partial charge in [0.1, 0.15) is 0 Å². The van der Waals surface area contributed by atoms with Gasteiger partial charge in [-0.2, -0.15) is 0 Å². The molecular weight excluding hydrogens is 166 g/mol. The van der Waals surface area contributed by atoms with Gasteiger partial charge >= 0.3 is 0 Å². The summed E-state index contributed by atoms with van der Waals surface area (Å²) in [5.74, 6) is 0. The highest BCUT2D eigenvalue weighted by Crippen LogP contribution is 2.25. The number of hydrogen-bond acceptors (Lipinski definition) is 3. The highest BCUT2D eigenvalue weighted by atomic mass is 16.7. The van der Waals surface area contributed by atoms with Crippen LogP contribution in [-0.4, -0.2) is 43.0 Å². The molecule has 3 nitrogen and oxygen atoms in total. The van der Waals surface area contributed by atoms with E-state index in [1.165, 1.54) is 6.42 Å². The maximum Gasteiger partial charge on any atom is 0.159 e. The zero-order chi connectivity index (χ0) is 9.26. The molecule has 2 atom stereocenters. The third-order valence-corrected chi connectivity index (χ3v) is 3.13. The zero-order valence-corrected chi connectivity index (χ0v) is 8.53. The predicted molar refractivity (Wildman–Crippen MR) is 50.6 cm³/mol. The Bertz CT molecular complexity index is 160. The van der Waals surface area contributed by atoms with E-state index in [1.54, 1.807) is 0 Å². The van der Waals surface area contributed by atoms with Gasteiger partial charge in [0.15, 0.2) is 6.29 Å². The Morgan fingerprint density at radius 2 is 1.77 bits per heavy atom. The van der Waals surface area contributed by atoms with E-state index in [9.17, 15) is 0 Å². The lowest BCUT2D eigenvalue weighted by molar-refractivity contribution is -0.0649. The highest BCUT2D eigenvalue weighted by molar-refractivity contribution is 4.86. The molecule has 13 heavy (non-hydrogen) atoms. The molecule has 2 unspecified atom stereocenters. The second kappa shape index (κ2) is 3.95. The quantitative estimate of drug-likeness (QED) is 0.660. The van der Waals surface area contributed by atoms with Gasteiger partial charge in [0.25, 0.3) is 0 Å². The van der Waals surface area contributed by atoms with Crippen LogP contribution < -0.4 is 0 Å². The molecule has 0 radical (unpaired) electrons. The van der Waals surface area contributed by atoms with E-state index in [-0.39, 0.29) is 6.29 Å². The van der Waals surface area contributed by atoms with Crippen molar-refractivity contribution >= 4 is 0 Å². The summed E-state index contributed by atoms with van der Waals surface area (Å²) < 4.78 is 10.8. The van der Waals surface area contributed by atoms with Crippen molar-refractivity contribution in [2.24, 2.45) is 0 Å². The van der Waals surface area contributed by atoms with Crippen LogP contribution in [0.3, 0.4) is 0 Å². The van der Waals surface area contributed by atoms with Crippen molar-refractivity contribution in [3.63, 3.8) is 0 Å². The van der Waals surface area contributed by atoms with Crippen LogP contribution in [-0.2, 0) is 9.47 Å². The molecular formula is C10H19NO2. The first kappa shape index (κ1) is 9.44. The molecule has 0 bridgehead atoms. The van der Waals surface area contributed by atoms with Crippen LogP contribution in [0.2, 0.25) is 0 Å². The van der Waals surface area contributed by atoms with E-state index in [4.69, 9.17) is 9.47 Å². The van der Waals surface area contributed by atoms with Crippen LogP contribution in [0.4, 0.5) is 0 Å². The first-order chi connectivity index (χ1) is 6.27. The molecule has 0 aromatic heterocycles. The van der Waals surface area contributed by atoms with Crippen LogP contribution in [0, 0.1) is 0 Å². The third-order valence-electron chi connectivity index (χ3n) is 3.13. The van der Waals surface area contributed by atoms with Crippen molar-refractivity contribution in [2.75, 3.05) is 19.8 Å². The predicted octanol–water partition coefficient (Wildman–Crippen LogP) is 1.23. The Morgan fingerprint density at radius 1 is 1.15 bits per heavy atom. The minimum Gasteiger partial charge on any atom is -0.350 e. The number of rotatable bonds is 3. The van der Waals surface area contributed by atoms with Gasteiger partial charge in [0.05, 0.1) is 13.2 Å². The third kappa shape index (κ3) is 2.03. The first-order valence-electron chi connectivity index (χ1n) is 5.26. The van der Waals surface area contributed by atoms with Crippen molar-refractivity contribution in [3.8, 4) is 0 Å². The summed E-state index contributed by atoms with van der Waals surface area (Å²) in [5.41, 5.74) is 0. The lowest BCUT2D eigenvalue weighted by atomic mass is 9.95. The highest BCUT2D eigenvalue weighted by Gasteiger charge is 2.31. The fourth-order valence-corrected chi connectivity index (χ4v) is 2.33. The molecule has 2 rings (SSSR count). The fourth-order valence-electron chi connectivity index (χ4n) is 2.33. The summed E-state index contributed by atoms with van der Waals surface area (Å²) in [6.45, 7) is 7.24. The molecule has 0 amide bonds. The Labute approximate surface area is 80.0 Å². The molecule has 0 spiro atoms. The standard InChI is InChI=1S/C10H19NO2/c1-8-7-9(2)11(8)4-3-10-12-5-6-13-10/h8-10H,3-7H2,1-2H3. The summed E-state index contributed by atoms with van der Waals surface area (Å²) >= 11 is 0. The molecule has 2 aliphatic rings. The Kier molecular flexibility index (Phi) is 2.86. The lowest BCUT2D eigenvalue weighted by Crippen LogP contribution is -2.53. The number of hydrogen-bond donors (Lipinski definition) is 0. The largest absolute Gasteiger partial charge is 0.350 e. The second-order valence-corrected chi connectivity index (χ2v) is 4.13. The average molecular weight is 185 g/mol. The molecule has 0 aromatic rings. The summed E-state index contributed by atoms with van der Waals surface area (Å²) in [6.07, 6.45) is 2.43. The minimum absolute atomic E-state index is 0.0694. The average Bonchev–Trinajstić information content (AvgIpc) is 2.57.